The third-order valence-corrected chi connectivity index (χ3v) is 11.4. The number of carbonyl (C=O) groups excluding carboxylic acids is 4. The maximum atomic E-state index is 13.3. The number of rotatable bonds is 30. The van der Waals surface area contributed by atoms with Crippen molar-refractivity contribution in [2.45, 2.75) is 65.2 Å². The molecule has 0 radical (unpaired) electrons. The number of hydrogen-bond donors (Lipinski definition) is 0. The normalized spacial score (nSPS) is 11.7. The van der Waals surface area contributed by atoms with Crippen molar-refractivity contribution in [2.75, 3.05) is 72.5 Å². The topological polar surface area (TPSA) is 145 Å². The van der Waals surface area contributed by atoms with Crippen LogP contribution in [-0.2, 0) is 49.0 Å². The van der Waals surface area contributed by atoms with Crippen LogP contribution >= 0.6 is 0 Å². The molecular weight excluding hydrogens is 855 g/mol. The summed E-state index contributed by atoms with van der Waals surface area (Å²) in [7, 11) is 0. The lowest BCUT2D eigenvalue weighted by molar-refractivity contribution is -0.151. The highest BCUT2D eigenvalue weighted by Gasteiger charge is 2.26. The van der Waals surface area contributed by atoms with Gasteiger partial charge < -0.3 is 42.8 Å². The number of hydrogen-bond acceptors (Lipinski definition) is 13. The zero-order valence-electron chi connectivity index (χ0n) is 39.9. The van der Waals surface area contributed by atoms with Gasteiger partial charge in [0.25, 0.3) is 0 Å². The molecule has 0 aliphatic rings. The summed E-state index contributed by atoms with van der Waals surface area (Å²) in [5, 5.41) is 0. The van der Waals surface area contributed by atoms with Crippen LogP contribution in [0.4, 0.5) is 0 Å². The summed E-state index contributed by atoms with van der Waals surface area (Å²) in [4.78, 5) is 50.6. The van der Waals surface area contributed by atoms with Crippen LogP contribution in [-0.4, -0.2) is 101 Å². The first-order valence-corrected chi connectivity index (χ1v) is 22.8. The zero-order chi connectivity index (χ0) is 48.7. The molecule has 13 nitrogen and oxygen atoms in total. The molecule has 0 saturated heterocycles. The van der Waals surface area contributed by atoms with Crippen LogP contribution in [0.15, 0.2) is 122 Å². The predicted molar refractivity (Wildman–Crippen MR) is 257 cm³/mol. The van der Waals surface area contributed by atoms with Crippen LogP contribution in [0.5, 0.6) is 23.0 Å². The zero-order valence-corrected chi connectivity index (χ0v) is 39.9. The summed E-state index contributed by atoms with van der Waals surface area (Å²) in [5.41, 5.74) is 3.75. The van der Waals surface area contributed by atoms with Gasteiger partial charge in [0.2, 0.25) is 0 Å². The largest absolute Gasteiger partial charge is 0.490 e. The van der Waals surface area contributed by atoms with Crippen molar-refractivity contribution in [3.63, 3.8) is 0 Å². The standard InChI is InChI=1S/C54H67NO12/c1-9-49(56)64-35-31-60-45-22-14-41(15-23-45)53(5,6)43-18-26-47(27-19-43)62-33-37-66-51(58)30-13-40(39-55(11-3)12-4)52(59)67-38-34-63-48-28-20-44(21-29-48)54(7,8)42-16-24-46(25-17-42)61-32-36-65-50(57)10-2/h9-10,14-29,40H,1-2,11-13,30-39H2,3-8H3. The van der Waals surface area contributed by atoms with E-state index in [0.717, 1.165) is 47.5 Å². The number of ether oxygens (including phenoxy) is 8. The van der Waals surface area contributed by atoms with Gasteiger partial charge in [-0.2, -0.15) is 0 Å². The summed E-state index contributed by atoms with van der Waals surface area (Å²) in [6.45, 7) is 22.6. The number of benzene rings is 4. The number of esters is 4. The second-order valence-electron chi connectivity index (χ2n) is 16.6. The molecule has 0 heterocycles. The fraction of sp³-hybridized carbons (Fsp3) is 0.407. The van der Waals surface area contributed by atoms with Crippen molar-refractivity contribution in [2.24, 2.45) is 5.92 Å². The molecule has 4 rings (SSSR count). The Morgan fingerprint density at radius 1 is 0.493 bits per heavy atom. The molecule has 0 amide bonds. The van der Waals surface area contributed by atoms with Crippen molar-refractivity contribution >= 4 is 23.9 Å². The highest BCUT2D eigenvalue weighted by atomic mass is 16.6. The maximum Gasteiger partial charge on any atom is 0.330 e. The van der Waals surface area contributed by atoms with Crippen molar-refractivity contribution in [1.29, 1.82) is 0 Å². The first kappa shape index (κ1) is 53.0. The molecule has 1 unspecified atom stereocenters. The highest BCUT2D eigenvalue weighted by molar-refractivity contribution is 5.81. The van der Waals surface area contributed by atoms with Crippen molar-refractivity contribution in [3.8, 4) is 23.0 Å². The van der Waals surface area contributed by atoms with Gasteiger partial charge >= 0.3 is 23.9 Å². The van der Waals surface area contributed by atoms with E-state index in [9.17, 15) is 19.2 Å². The van der Waals surface area contributed by atoms with E-state index < -0.39 is 23.8 Å². The van der Waals surface area contributed by atoms with E-state index in [1.54, 1.807) is 0 Å². The van der Waals surface area contributed by atoms with Crippen LogP contribution in [0.3, 0.4) is 0 Å². The maximum absolute atomic E-state index is 13.3. The Morgan fingerprint density at radius 3 is 1.12 bits per heavy atom. The minimum absolute atomic E-state index is 0.0634. The van der Waals surface area contributed by atoms with E-state index >= 15 is 0 Å². The summed E-state index contributed by atoms with van der Waals surface area (Å²) in [6.07, 6.45) is 2.59. The fourth-order valence-electron chi connectivity index (χ4n) is 7.10. The average Bonchev–Trinajstić information content (AvgIpc) is 3.34. The van der Waals surface area contributed by atoms with E-state index in [4.69, 9.17) is 37.9 Å². The van der Waals surface area contributed by atoms with Gasteiger partial charge in [0.1, 0.15) is 75.9 Å². The van der Waals surface area contributed by atoms with Crippen LogP contribution < -0.4 is 18.9 Å². The Kier molecular flexibility index (Phi) is 21.5. The van der Waals surface area contributed by atoms with Crippen LogP contribution in [0.2, 0.25) is 0 Å². The Hall–Kier alpha value is -6.60. The van der Waals surface area contributed by atoms with Crippen LogP contribution in [0.1, 0.15) is 76.6 Å². The SMILES string of the molecule is C=CC(=O)OCCOc1ccc(C(C)(C)c2ccc(OCCOC(=O)CCC(CN(CC)CC)C(=O)OCCOc3ccc(C(C)(C)c4ccc(OCCOC(=O)C=C)cc4)cc3)cc2)cc1. The molecule has 4 aromatic carbocycles. The van der Waals surface area contributed by atoms with E-state index in [1.807, 2.05) is 111 Å². The molecule has 0 aliphatic carbocycles. The minimum Gasteiger partial charge on any atom is -0.490 e. The van der Waals surface area contributed by atoms with Gasteiger partial charge in [-0.05, 0) is 90.3 Å². The van der Waals surface area contributed by atoms with E-state index in [-0.39, 0.29) is 82.5 Å². The van der Waals surface area contributed by atoms with Gasteiger partial charge in [-0.1, -0.05) is 103 Å². The quantitative estimate of drug-likeness (QED) is 0.0213. The third kappa shape index (κ3) is 17.3. The minimum atomic E-state index is -0.512. The molecule has 0 spiro atoms. The van der Waals surface area contributed by atoms with Crippen LogP contribution in [0, 0.1) is 5.92 Å². The number of carbonyl (C=O) groups is 4. The predicted octanol–water partition coefficient (Wildman–Crippen LogP) is 8.84. The lowest BCUT2D eigenvalue weighted by Gasteiger charge is -2.26. The van der Waals surface area contributed by atoms with Crippen LogP contribution in [0.25, 0.3) is 0 Å². The molecule has 4 aromatic rings. The second-order valence-corrected chi connectivity index (χ2v) is 16.6. The molecule has 360 valence electrons. The lowest BCUT2D eigenvalue weighted by Crippen LogP contribution is -2.35. The molecule has 0 aliphatic heterocycles. The molecule has 13 heteroatoms. The first-order chi connectivity index (χ1) is 32.2. The molecule has 0 saturated carbocycles. The van der Waals surface area contributed by atoms with Gasteiger partial charge in [0.15, 0.2) is 0 Å². The Balaban J connectivity index is 1.17. The third-order valence-electron chi connectivity index (χ3n) is 11.4. The highest BCUT2D eigenvalue weighted by Crippen LogP contribution is 2.35. The lowest BCUT2D eigenvalue weighted by atomic mass is 9.78. The summed E-state index contributed by atoms with van der Waals surface area (Å²) in [5.74, 6) is 0.387. The van der Waals surface area contributed by atoms with Gasteiger partial charge in [-0.25, -0.2) is 9.59 Å². The Morgan fingerprint density at radius 2 is 0.806 bits per heavy atom. The van der Waals surface area contributed by atoms with Gasteiger partial charge in [-0.15, -0.1) is 0 Å². The Labute approximate surface area is 395 Å². The summed E-state index contributed by atoms with van der Waals surface area (Å²) in [6, 6.07) is 31.3. The van der Waals surface area contributed by atoms with E-state index in [2.05, 4.69) is 45.8 Å². The van der Waals surface area contributed by atoms with Crippen molar-refractivity contribution in [3.05, 3.63) is 145 Å². The van der Waals surface area contributed by atoms with Crippen molar-refractivity contribution < 1.29 is 57.1 Å². The second kappa shape index (κ2) is 27.1. The fourth-order valence-corrected chi connectivity index (χ4v) is 7.10. The van der Waals surface area contributed by atoms with Gasteiger partial charge in [0, 0.05) is 35.9 Å². The average molecular weight is 922 g/mol. The Bertz CT molecular complexity index is 2160. The van der Waals surface area contributed by atoms with E-state index in [0.29, 0.717) is 29.5 Å². The molecular formula is C54H67NO12. The molecule has 67 heavy (non-hydrogen) atoms. The van der Waals surface area contributed by atoms with Gasteiger partial charge in [0.05, 0.1) is 5.92 Å². The monoisotopic (exact) mass is 921 g/mol. The van der Waals surface area contributed by atoms with Crippen molar-refractivity contribution in [1.82, 2.24) is 4.90 Å². The summed E-state index contributed by atoms with van der Waals surface area (Å²) >= 11 is 0. The molecule has 1 atom stereocenters. The smallest absolute Gasteiger partial charge is 0.330 e. The van der Waals surface area contributed by atoms with Gasteiger partial charge in [-0.3, -0.25) is 9.59 Å². The van der Waals surface area contributed by atoms with E-state index in [1.165, 1.54) is 0 Å². The molecule has 0 N–H and O–H groups in total. The molecule has 0 fully saturated rings. The summed E-state index contributed by atoms with van der Waals surface area (Å²) < 4.78 is 44.2. The molecule has 0 bridgehead atoms. The molecule has 0 aromatic heterocycles. The first-order valence-electron chi connectivity index (χ1n) is 22.8. The number of nitrogens with zero attached hydrogens (tertiary/aromatic N) is 1.